The molecule has 0 spiro atoms. The van der Waals surface area contributed by atoms with E-state index in [9.17, 15) is 13.7 Å². The number of nitrogens with one attached hydrogen (secondary N) is 2. The Balaban J connectivity index is 2.00. The Kier molecular flexibility index (Phi) is 5.02. The van der Waals surface area contributed by atoms with E-state index in [4.69, 9.17) is 0 Å². The lowest BCUT2D eigenvalue weighted by Crippen LogP contribution is -2.22. The van der Waals surface area contributed by atoms with E-state index in [0.717, 1.165) is 27.9 Å². The van der Waals surface area contributed by atoms with Crippen LogP contribution in [0.15, 0.2) is 48.5 Å². The topological polar surface area (TPSA) is 98.6 Å². The molecular weight excluding hydrogens is 360 g/mol. The highest BCUT2D eigenvalue weighted by Gasteiger charge is 2.18. The first-order chi connectivity index (χ1) is 12.8. The van der Waals surface area contributed by atoms with Gasteiger partial charge in [0.15, 0.2) is 5.69 Å². The Hall–Kier alpha value is -3.11. The van der Waals surface area contributed by atoms with Crippen LogP contribution in [0.1, 0.15) is 25.2 Å². The van der Waals surface area contributed by atoms with Crippen LogP contribution < -0.4 is 4.72 Å². The maximum atomic E-state index is 12.2. The standard InChI is InChI=1S/C20H20N4O2S/c1-13(2)27(25,26)24-18-7-5-4-6-17(18)15-8-10-16(11-9-15)20-14(3)22-23-19(20)12-21/h4-11,13,24H,1-3H3,(H,22,23). The molecule has 6 nitrogen and oxygen atoms in total. The Bertz CT molecular complexity index is 1110. The minimum atomic E-state index is -3.44. The monoisotopic (exact) mass is 380 g/mol. The van der Waals surface area contributed by atoms with Gasteiger partial charge in [-0.15, -0.1) is 0 Å². The summed E-state index contributed by atoms with van der Waals surface area (Å²) in [7, 11) is -3.44. The van der Waals surface area contributed by atoms with Gasteiger partial charge in [0.05, 0.1) is 10.9 Å². The van der Waals surface area contributed by atoms with Crippen LogP contribution in [0.2, 0.25) is 0 Å². The van der Waals surface area contributed by atoms with Crippen LogP contribution in [0.5, 0.6) is 0 Å². The van der Waals surface area contributed by atoms with Gasteiger partial charge in [0.2, 0.25) is 10.0 Å². The first kappa shape index (κ1) is 18.7. The molecule has 3 aromatic rings. The summed E-state index contributed by atoms with van der Waals surface area (Å²) >= 11 is 0. The fraction of sp³-hybridized carbons (Fsp3) is 0.200. The summed E-state index contributed by atoms with van der Waals surface area (Å²) in [6.07, 6.45) is 0. The summed E-state index contributed by atoms with van der Waals surface area (Å²) in [5.41, 5.74) is 5.03. The van der Waals surface area contributed by atoms with Gasteiger partial charge in [-0.2, -0.15) is 10.4 Å². The zero-order valence-electron chi connectivity index (χ0n) is 15.3. The van der Waals surface area contributed by atoms with E-state index >= 15 is 0 Å². The van der Waals surface area contributed by atoms with Crippen LogP contribution >= 0.6 is 0 Å². The minimum absolute atomic E-state index is 0.352. The molecule has 0 saturated carbocycles. The molecule has 3 rings (SSSR count). The second-order valence-electron chi connectivity index (χ2n) is 6.50. The Morgan fingerprint density at radius 3 is 2.33 bits per heavy atom. The van der Waals surface area contributed by atoms with Crippen molar-refractivity contribution in [2.75, 3.05) is 4.72 Å². The van der Waals surface area contributed by atoms with Gasteiger partial charge in [-0.05, 0) is 38.0 Å². The smallest absolute Gasteiger partial charge is 0.235 e. The van der Waals surface area contributed by atoms with Crippen molar-refractivity contribution in [3.8, 4) is 28.3 Å². The summed E-state index contributed by atoms with van der Waals surface area (Å²) in [6, 6.07) is 17.0. The molecule has 1 aromatic heterocycles. The molecule has 0 aliphatic heterocycles. The summed E-state index contributed by atoms with van der Waals surface area (Å²) in [5.74, 6) is 0. The van der Waals surface area contributed by atoms with Crippen molar-refractivity contribution in [3.05, 3.63) is 59.9 Å². The van der Waals surface area contributed by atoms with Crippen LogP contribution in [-0.2, 0) is 10.0 Å². The lowest BCUT2D eigenvalue weighted by atomic mass is 9.98. The number of benzene rings is 2. The minimum Gasteiger partial charge on any atom is -0.283 e. The number of aryl methyl sites for hydroxylation is 1. The number of nitriles is 1. The van der Waals surface area contributed by atoms with E-state index in [1.54, 1.807) is 26.0 Å². The largest absolute Gasteiger partial charge is 0.283 e. The number of hydrogen-bond acceptors (Lipinski definition) is 4. The van der Waals surface area contributed by atoms with Crippen molar-refractivity contribution in [2.45, 2.75) is 26.0 Å². The lowest BCUT2D eigenvalue weighted by Gasteiger charge is -2.15. The molecule has 138 valence electrons. The highest BCUT2D eigenvalue weighted by molar-refractivity contribution is 7.93. The number of rotatable bonds is 5. The average molecular weight is 380 g/mol. The molecular formula is C20H20N4O2S. The van der Waals surface area contributed by atoms with Crippen LogP contribution in [0.4, 0.5) is 5.69 Å². The molecule has 0 aliphatic carbocycles. The summed E-state index contributed by atoms with van der Waals surface area (Å²) in [4.78, 5) is 0. The van der Waals surface area contributed by atoms with Gasteiger partial charge in [-0.3, -0.25) is 9.82 Å². The van der Waals surface area contributed by atoms with Crippen LogP contribution in [0.3, 0.4) is 0 Å². The van der Waals surface area contributed by atoms with Gasteiger partial charge in [-0.1, -0.05) is 42.5 Å². The van der Waals surface area contributed by atoms with Crippen LogP contribution in [-0.4, -0.2) is 23.9 Å². The molecule has 0 fully saturated rings. The Morgan fingerprint density at radius 1 is 1.07 bits per heavy atom. The number of sulfonamides is 1. The number of nitrogens with zero attached hydrogens (tertiary/aromatic N) is 2. The molecule has 0 atom stereocenters. The summed E-state index contributed by atoms with van der Waals surface area (Å²) in [5, 5.41) is 15.5. The summed E-state index contributed by atoms with van der Waals surface area (Å²) < 4.78 is 27.2. The third-order valence-electron chi connectivity index (χ3n) is 4.34. The number of aromatic amines is 1. The molecule has 2 aromatic carbocycles. The molecule has 0 unspecified atom stereocenters. The van der Waals surface area contributed by atoms with E-state index in [-0.39, 0.29) is 0 Å². The fourth-order valence-corrected chi connectivity index (χ4v) is 3.49. The first-order valence-electron chi connectivity index (χ1n) is 8.50. The zero-order valence-corrected chi connectivity index (χ0v) is 16.1. The second kappa shape index (κ2) is 7.25. The highest BCUT2D eigenvalue weighted by atomic mass is 32.2. The molecule has 1 heterocycles. The zero-order chi connectivity index (χ0) is 19.6. The SMILES string of the molecule is Cc1[nH]nc(C#N)c1-c1ccc(-c2ccccc2NS(=O)(=O)C(C)C)cc1. The maximum Gasteiger partial charge on any atom is 0.235 e. The first-order valence-corrected chi connectivity index (χ1v) is 10.0. The van der Waals surface area contributed by atoms with Crippen molar-refractivity contribution in [3.63, 3.8) is 0 Å². The predicted octanol–water partition coefficient (Wildman–Crippen LogP) is 4.07. The van der Waals surface area contributed by atoms with E-state index in [2.05, 4.69) is 21.0 Å². The van der Waals surface area contributed by atoms with Crippen molar-refractivity contribution < 1.29 is 8.42 Å². The van der Waals surface area contributed by atoms with Gasteiger partial charge in [0, 0.05) is 16.8 Å². The fourth-order valence-electron chi connectivity index (χ4n) is 2.77. The van der Waals surface area contributed by atoms with Gasteiger partial charge < -0.3 is 0 Å². The molecule has 0 radical (unpaired) electrons. The predicted molar refractivity (Wildman–Crippen MR) is 107 cm³/mol. The van der Waals surface area contributed by atoms with Gasteiger partial charge in [-0.25, -0.2) is 8.42 Å². The normalized spacial score (nSPS) is 11.4. The van der Waals surface area contributed by atoms with Gasteiger partial charge in [0.1, 0.15) is 6.07 Å². The quantitative estimate of drug-likeness (QED) is 0.697. The van der Waals surface area contributed by atoms with E-state index in [1.807, 2.05) is 43.3 Å². The molecule has 7 heteroatoms. The number of H-pyrrole nitrogens is 1. The molecule has 0 amide bonds. The molecule has 0 saturated heterocycles. The van der Waals surface area contributed by atoms with Crippen molar-refractivity contribution >= 4 is 15.7 Å². The van der Waals surface area contributed by atoms with Crippen LogP contribution in [0.25, 0.3) is 22.3 Å². The molecule has 0 bridgehead atoms. The number of hydrogen-bond donors (Lipinski definition) is 2. The highest BCUT2D eigenvalue weighted by Crippen LogP contribution is 2.32. The number of para-hydroxylation sites is 1. The summed E-state index contributed by atoms with van der Waals surface area (Å²) in [6.45, 7) is 5.15. The molecule has 27 heavy (non-hydrogen) atoms. The van der Waals surface area contributed by atoms with E-state index in [0.29, 0.717) is 11.4 Å². The molecule has 2 N–H and O–H groups in total. The van der Waals surface area contributed by atoms with Crippen molar-refractivity contribution in [1.82, 2.24) is 10.2 Å². The van der Waals surface area contributed by atoms with E-state index < -0.39 is 15.3 Å². The van der Waals surface area contributed by atoms with Gasteiger partial charge >= 0.3 is 0 Å². The second-order valence-corrected chi connectivity index (χ2v) is 8.74. The van der Waals surface area contributed by atoms with Crippen molar-refractivity contribution in [2.24, 2.45) is 0 Å². The van der Waals surface area contributed by atoms with Crippen molar-refractivity contribution in [1.29, 1.82) is 5.26 Å². The number of anilines is 1. The third-order valence-corrected chi connectivity index (χ3v) is 6.08. The maximum absolute atomic E-state index is 12.2. The van der Waals surface area contributed by atoms with Gasteiger partial charge in [0.25, 0.3) is 0 Å². The Labute approximate surface area is 158 Å². The molecule has 0 aliphatic rings. The lowest BCUT2D eigenvalue weighted by molar-refractivity contribution is 0.593. The number of aromatic nitrogens is 2. The third kappa shape index (κ3) is 3.71. The van der Waals surface area contributed by atoms with E-state index in [1.165, 1.54) is 0 Å². The Morgan fingerprint density at radius 2 is 1.70 bits per heavy atom. The average Bonchev–Trinajstić information content (AvgIpc) is 3.02. The van der Waals surface area contributed by atoms with Crippen LogP contribution in [0, 0.1) is 18.3 Å².